The van der Waals surface area contributed by atoms with Crippen LogP contribution in [0, 0.1) is 0 Å². The van der Waals surface area contributed by atoms with E-state index in [4.69, 9.17) is 15.2 Å². The number of nitrogens with two attached hydrogens (primary N) is 1. The molecule has 0 spiro atoms. The molecule has 0 amide bonds. The summed E-state index contributed by atoms with van der Waals surface area (Å²) in [6.07, 6.45) is -4.72. The van der Waals surface area contributed by atoms with Crippen molar-refractivity contribution in [3.8, 4) is 28.4 Å². The topological polar surface area (TPSA) is 53.7 Å². The molecule has 4 nitrogen and oxygen atoms in total. The van der Waals surface area contributed by atoms with Crippen LogP contribution in [0.25, 0.3) is 11.1 Å². The van der Waals surface area contributed by atoms with E-state index in [0.717, 1.165) is 16.7 Å². The molecule has 3 aromatic carbocycles. The third-order valence-corrected chi connectivity index (χ3v) is 3.98. The molecule has 0 unspecified atom stereocenters. The van der Waals surface area contributed by atoms with Crippen LogP contribution in [-0.2, 0) is 6.61 Å². The van der Waals surface area contributed by atoms with Gasteiger partial charge in [-0.3, -0.25) is 0 Å². The zero-order valence-corrected chi connectivity index (χ0v) is 16.7. The number of alkyl halides is 3. The Morgan fingerprint density at radius 1 is 0.767 bits per heavy atom. The first kappa shape index (κ1) is 23.4. The predicted molar refractivity (Wildman–Crippen MR) is 111 cm³/mol. The van der Waals surface area contributed by atoms with E-state index >= 15 is 0 Å². The number of hydrogen-bond donors (Lipinski definition) is 1. The lowest BCUT2D eigenvalue weighted by Gasteiger charge is -2.15. The fourth-order valence-electron chi connectivity index (χ4n) is 2.67. The van der Waals surface area contributed by atoms with E-state index in [1.807, 2.05) is 30.3 Å². The second kappa shape index (κ2) is 10.8. The molecule has 0 aromatic heterocycles. The number of rotatable bonds is 8. The van der Waals surface area contributed by atoms with Gasteiger partial charge in [0.05, 0.1) is 0 Å². The largest absolute Gasteiger partial charge is 0.573 e. The van der Waals surface area contributed by atoms with Gasteiger partial charge in [-0.15, -0.1) is 25.6 Å². The van der Waals surface area contributed by atoms with Gasteiger partial charge < -0.3 is 19.9 Å². The van der Waals surface area contributed by atoms with Gasteiger partial charge in [-0.1, -0.05) is 48.5 Å². The minimum absolute atomic E-state index is 0. The number of halogens is 4. The number of ether oxygens (including phenoxy) is 3. The van der Waals surface area contributed by atoms with E-state index in [-0.39, 0.29) is 18.2 Å². The summed E-state index contributed by atoms with van der Waals surface area (Å²) in [4.78, 5) is 0. The maximum absolute atomic E-state index is 12.3. The molecular formula is C22H21ClF3NO3. The Morgan fingerprint density at radius 2 is 1.43 bits per heavy atom. The summed E-state index contributed by atoms with van der Waals surface area (Å²) in [6.45, 7) is 1.05. The van der Waals surface area contributed by atoms with E-state index in [1.165, 1.54) is 12.1 Å². The van der Waals surface area contributed by atoms with Gasteiger partial charge in [0.1, 0.15) is 19.0 Å². The Morgan fingerprint density at radius 3 is 2.07 bits per heavy atom. The highest BCUT2D eigenvalue weighted by molar-refractivity contribution is 5.85. The molecule has 0 aliphatic rings. The molecule has 0 aliphatic carbocycles. The van der Waals surface area contributed by atoms with Gasteiger partial charge in [0, 0.05) is 6.54 Å². The van der Waals surface area contributed by atoms with E-state index in [2.05, 4.69) is 4.74 Å². The second-order valence-electron chi connectivity index (χ2n) is 6.15. The zero-order valence-electron chi connectivity index (χ0n) is 15.9. The summed E-state index contributed by atoms with van der Waals surface area (Å²) in [7, 11) is 0. The Kier molecular flexibility index (Phi) is 8.38. The molecule has 0 radical (unpaired) electrons. The normalized spacial score (nSPS) is 10.8. The highest BCUT2D eigenvalue weighted by Crippen LogP contribution is 2.34. The van der Waals surface area contributed by atoms with Crippen LogP contribution in [0.3, 0.4) is 0 Å². The zero-order chi connectivity index (χ0) is 20.7. The maximum atomic E-state index is 12.3. The molecule has 3 rings (SSSR count). The molecular weight excluding hydrogens is 419 g/mol. The van der Waals surface area contributed by atoms with Crippen molar-refractivity contribution in [3.05, 3.63) is 78.4 Å². The number of benzene rings is 3. The molecule has 0 bridgehead atoms. The Hall–Kier alpha value is -2.90. The summed E-state index contributed by atoms with van der Waals surface area (Å²) in [5.41, 5.74) is 8.00. The molecule has 3 aromatic rings. The molecule has 0 atom stereocenters. The van der Waals surface area contributed by atoms with E-state index in [9.17, 15) is 13.2 Å². The van der Waals surface area contributed by atoms with Gasteiger partial charge in [0.15, 0.2) is 11.5 Å². The molecule has 8 heteroatoms. The molecule has 0 fully saturated rings. The Balaban J connectivity index is 0.00000320. The Labute approximate surface area is 178 Å². The average Bonchev–Trinajstić information content (AvgIpc) is 2.71. The van der Waals surface area contributed by atoms with Gasteiger partial charge in [0.25, 0.3) is 0 Å². The molecule has 0 saturated heterocycles. The molecule has 0 saturated carbocycles. The average molecular weight is 440 g/mol. The SMILES string of the molecule is Cl.NCCOc1ccc(-c2ccc(OC(F)(F)F)cc2)cc1OCc1ccccc1. The van der Waals surface area contributed by atoms with Crippen LogP contribution in [0.4, 0.5) is 13.2 Å². The van der Waals surface area contributed by atoms with Crippen molar-refractivity contribution in [1.29, 1.82) is 0 Å². The summed E-state index contributed by atoms with van der Waals surface area (Å²) < 4.78 is 52.5. The van der Waals surface area contributed by atoms with Gasteiger partial charge in [-0.05, 0) is 41.0 Å². The van der Waals surface area contributed by atoms with Gasteiger partial charge >= 0.3 is 6.36 Å². The predicted octanol–water partition coefficient (Wildman–Crippen LogP) is 5.59. The van der Waals surface area contributed by atoms with Crippen LogP contribution in [-0.4, -0.2) is 19.5 Å². The van der Waals surface area contributed by atoms with Crippen molar-refractivity contribution in [1.82, 2.24) is 0 Å². The maximum Gasteiger partial charge on any atom is 0.573 e. The highest BCUT2D eigenvalue weighted by atomic mass is 35.5. The van der Waals surface area contributed by atoms with Crippen molar-refractivity contribution in [2.45, 2.75) is 13.0 Å². The second-order valence-corrected chi connectivity index (χ2v) is 6.15. The van der Waals surface area contributed by atoms with Crippen LogP contribution >= 0.6 is 12.4 Å². The van der Waals surface area contributed by atoms with Crippen LogP contribution in [0.5, 0.6) is 17.2 Å². The number of hydrogen-bond acceptors (Lipinski definition) is 4. The van der Waals surface area contributed by atoms with Crippen molar-refractivity contribution in [2.24, 2.45) is 5.73 Å². The third kappa shape index (κ3) is 6.86. The summed E-state index contributed by atoms with van der Waals surface area (Å²) in [5, 5.41) is 0. The van der Waals surface area contributed by atoms with E-state index in [1.54, 1.807) is 30.3 Å². The first-order valence-electron chi connectivity index (χ1n) is 8.94. The van der Waals surface area contributed by atoms with E-state index in [0.29, 0.717) is 31.3 Å². The van der Waals surface area contributed by atoms with Crippen molar-refractivity contribution in [2.75, 3.05) is 13.2 Å². The molecule has 0 heterocycles. The first-order chi connectivity index (χ1) is 13.9. The van der Waals surface area contributed by atoms with Gasteiger partial charge in [-0.25, -0.2) is 0 Å². The van der Waals surface area contributed by atoms with Crippen molar-refractivity contribution < 1.29 is 27.4 Å². The smallest absolute Gasteiger partial charge is 0.488 e. The van der Waals surface area contributed by atoms with Crippen LogP contribution < -0.4 is 19.9 Å². The molecule has 2 N–H and O–H groups in total. The Bertz CT molecular complexity index is 919. The molecule has 160 valence electrons. The lowest BCUT2D eigenvalue weighted by molar-refractivity contribution is -0.274. The quantitative estimate of drug-likeness (QED) is 0.497. The minimum atomic E-state index is -4.72. The van der Waals surface area contributed by atoms with Gasteiger partial charge in [0.2, 0.25) is 0 Å². The minimum Gasteiger partial charge on any atom is -0.488 e. The monoisotopic (exact) mass is 439 g/mol. The molecule has 30 heavy (non-hydrogen) atoms. The lowest BCUT2D eigenvalue weighted by atomic mass is 10.0. The third-order valence-electron chi connectivity index (χ3n) is 3.98. The van der Waals surface area contributed by atoms with E-state index < -0.39 is 6.36 Å². The summed E-state index contributed by atoms with van der Waals surface area (Å²) >= 11 is 0. The van der Waals surface area contributed by atoms with Crippen molar-refractivity contribution in [3.63, 3.8) is 0 Å². The summed E-state index contributed by atoms with van der Waals surface area (Å²) in [6, 6.07) is 20.7. The molecule has 0 aliphatic heterocycles. The first-order valence-corrected chi connectivity index (χ1v) is 8.94. The summed E-state index contributed by atoms with van der Waals surface area (Å²) in [5.74, 6) is 0.798. The highest BCUT2D eigenvalue weighted by Gasteiger charge is 2.30. The standard InChI is InChI=1S/C22H20F3NO3.ClH/c23-22(24,25)29-19-9-6-17(7-10-19)18-8-11-20(27-13-12-26)21(14-18)28-15-16-4-2-1-3-5-16;/h1-11,14H,12-13,15,26H2;1H. The fraction of sp³-hybridized carbons (Fsp3) is 0.182. The van der Waals surface area contributed by atoms with Gasteiger partial charge in [-0.2, -0.15) is 0 Å². The van der Waals surface area contributed by atoms with Crippen LogP contribution in [0.15, 0.2) is 72.8 Å². The lowest BCUT2D eigenvalue weighted by Crippen LogP contribution is -2.16. The fourth-order valence-corrected chi connectivity index (χ4v) is 2.67. The van der Waals surface area contributed by atoms with Crippen LogP contribution in [0.1, 0.15) is 5.56 Å². The van der Waals surface area contributed by atoms with Crippen LogP contribution in [0.2, 0.25) is 0 Å². The van der Waals surface area contributed by atoms with Crippen molar-refractivity contribution >= 4 is 12.4 Å².